The molecule has 0 aromatic carbocycles. The molecule has 1 aliphatic heterocycles. The summed E-state index contributed by atoms with van der Waals surface area (Å²) < 4.78 is 3.17. The number of hydrogen-bond acceptors (Lipinski definition) is 2. The van der Waals surface area contributed by atoms with Gasteiger partial charge < -0.3 is 9.55 Å². The van der Waals surface area contributed by atoms with E-state index in [0.29, 0.717) is 5.92 Å². The van der Waals surface area contributed by atoms with Crippen LogP contribution in [-0.2, 0) is 6.54 Å². The van der Waals surface area contributed by atoms with Crippen LogP contribution in [-0.4, -0.2) is 21.1 Å². The lowest BCUT2D eigenvalue weighted by Gasteiger charge is -2.14. The molecule has 1 aromatic rings. The van der Waals surface area contributed by atoms with Crippen LogP contribution in [0.4, 0.5) is 0 Å². The van der Waals surface area contributed by atoms with Gasteiger partial charge in [0, 0.05) is 18.4 Å². The molecule has 0 spiro atoms. The molecule has 0 radical (unpaired) electrons. The number of imidazole rings is 1. The predicted octanol–water partition coefficient (Wildman–Crippen LogP) is 3.42. The van der Waals surface area contributed by atoms with E-state index in [9.17, 15) is 0 Å². The first kappa shape index (κ1) is 11.3. The van der Waals surface area contributed by atoms with Crippen molar-refractivity contribution in [1.82, 2.24) is 9.55 Å². The highest BCUT2D eigenvalue weighted by Gasteiger charge is 2.18. The Morgan fingerprint density at radius 3 is 3.07 bits per heavy atom. The molecule has 0 bridgehead atoms. The Labute approximate surface area is 100 Å². The van der Waals surface area contributed by atoms with E-state index in [2.05, 4.69) is 41.4 Å². The first-order valence-corrected chi connectivity index (χ1v) is 7.10. The quantitative estimate of drug-likeness (QED) is 0.820. The minimum Gasteiger partial charge on any atom is -0.337 e. The normalized spacial score (nSPS) is 21.4. The van der Waals surface area contributed by atoms with E-state index < -0.39 is 0 Å². The Hall–Kier alpha value is -0.220. The highest BCUT2D eigenvalue weighted by Crippen LogP contribution is 2.26. The zero-order valence-corrected chi connectivity index (χ0v) is 11.0. The molecular formula is C11H18N2S2. The molecule has 1 N–H and O–H groups in total. The van der Waals surface area contributed by atoms with Crippen molar-refractivity contribution in [2.75, 3.05) is 11.5 Å². The molecule has 4 heteroatoms. The number of rotatable bonds is 3. The molecule has 0 amide bonds. The van der Waals surface area contributed by atoms with Crippen molar-refractivity contribution >= 4 is 24.0 Å². The van der Waals surface area contributed by atoms with Crippen LogP contribution in [0, 0.1) is 10.7 Å². The number of thioether (sulfide) groups is 1. The summed E-state index contributed by atoms with van der Waals surface area (Å²) in [7, 11) is 0. The maximum Gasteiger partial charge on any atom is 0.177 e. The van der Waals surface area contributed by atoms with Crippen LogP contribution in [0.15, 0.2) is 6.20 Å². The van der Waals surface area contributed by atoms with E-state index in [1.807, 2.05) is 0 Å². The molecule has 0 aliphatic carbocycles. The number of hydrogen-bond donors (Lipinski definition) is 1. The summed E-state index contributed by atoms with van der Waals surface area (Å²) in [5.41, 5.74) is 1.34. The summed E-state index contributed by atoms with van der Waals surface area (Å²) in [6, 6.07) is 0. The average molecular weight is 242 g/mol. The molecular weight excluding hydrogens is 224 g/mol. The molecule has 1 fully saturated rings. The van der Waals surface area contributed by atoms with Gasteiger partial charge in [-0.05, 0) is 42.0 Å². The average Bonchev–Trinajstić information content (AvgIpc) is 2.78. The molecule has 0 saturated carbocycles. The van der Waals surface area contributed by atoms with E-state index in [4.69, 9.17) is 12.2 Å². The van der Waals surface area contributed by atoms with Gasteiger partial charge in [-0.3, -0.25) is 0 Å². The summed E-state index contributed by atoms with van der Waals surface area (Å²) in [4.78, 5) is 3.16. The Morgan fingerprint density at radius 2 is 2.47 bits per heavy atom. The third-order valence-electron chi connectivity index (χ3n) is 2.96. The van der Waals surface area contributed by atoms with Crippen molar-refractivity contribution in [2.45, 2.75) is 32.7 Å². The number of H-pyrrole nitrogens is 1. The van der Waals surface area contributed by atoms with Crippen molar-refractivity contribution in [2.24, 2.45) is 5.92 Å². The fourth-order valence-corrected chi connectivity index (χ4v) is 3.57. The number of aromatic nitrogens is 2. The zero-order chi connectivity index (χ0) is 10.8. The molecule has 1 aromatic heterocycles. The monoisotopic (exact) mass is 242 g/mol. The van der Waals surface area contributed by atoms with Gasteiger partial charge in [-0.15, -0.1) is 0 Å². The van der Waals surface area contributed by atoms with Crippen molar-refractivity contribution in [3.63, 3.8) is 0 Å². The topological polar surface area (TPSA) is 20.7 Å². The van der Waals surface area contributed by atoms with Gasteiger partial charge in [0.25, 0.3) is 0 Å². The molecule has 2 rings (SSSR count). The summed E-state index contributed by atoms with van der Waals surface area (Å²) in [5.74, 6) is 3.98. The Morgan fingerprint density at radius 1 is 1.67 bits per heavy atom. The standard InChI is InChI=1S/C11H18N2S2/c1-8(2)10-5-12-11(14)13(10)6-9-3-4-15-7-9/h5,8-9H,3-4,6-7H2,1-2H3,(H,12,14). The molecule has 1 saturated heterocycles. The van der Waals surface area contributed by atoms with Gasteiger partial charge in [0.1, 0.15) is 0 Å². The summed E-state index contributed by atoms with van der Waals surface area (Å²) in [6.45, 7) is 5.54. The SMILES string of the molecule is CC(C)c1c[nH]c(=S)n1CC1CCSC1. The van der Waals surface area contributed by atoms with Crippen LogP contribution >= 0.6 is 24.0 Å². The van der Waals surface area contributed by atoms with Crippen molar-refractivity contribution < 1.29 is 0 Å². The Balaban J connectivity index is 2.18. The predicted molar refractivity (Wildman–Crippen MR) is 69.1 cm³/mol. The van der Waals surface area contributed by atoms with E-state index in [1.165, 1.54) is 23.6 Å². The van der Waals surface area contributed by atoms with Crippen LogP contribution < -0.4 is 0 Å². The Kier molecular flexibility index (Phi) is 3.57. The van der Waals surface area contributed by atoms with E-state index >= 15 is 0 Å². The molecule has 1 aliphatic rings. The highest BCUT2D eigenvalue weighted by molar-refractivity contribution is 7.99. The molecule has 2 heterocycles. The number of aromatic amines is 1. The summed E-state index contributed by atoms with van der Waals surface area (Å²) in [6.07, 6.45) is 3.41. The zero-order valence-electron chi connectivity index (χ0n) is 9.32. The fourth-order valence-electron chi connectivity index (χ4n) is 2.06. The maximum atomic E-state index is 5.33. The van der Waals surface area contributed by atoms with Gasteiger partial charge in [0.15, 0.2) is 4.77 Å². The third kappa shape index (κ3) is 2.48. The second kappa shape index (κ2) is 4.74. The minimum atomic E-state index is 0.548. The summed E-state index contributed by atoms with van der Waals surface area (Å²) in [5, 5.41) is 0. The van der Waals surface area contributed by atoms with Gasteiger partial charge in [0.05, 0.1) is 0 Å². The number of nitrogens with zero attached hydrogens (tertiary/aromatic N) is 1. The van der Waals surface area contributed by atoms with Crippen molar-refractivity contribution in [3.05, 3.63) is 16.7 Å². The summed E-state index contributed by atoms with van der Waals surface area (Å²) >= 11 is 7.39. The van der Waals surface area contributed by atoms with E-state index in [-0.39, 0.29) is 0 Å². The minimum absolute atomic E-state index is 0.548. The second-order valence-electron chi connectivity index (χ2n) is 4.51. The highest BCUT2D eigenvalue weighted by atomic mass is 32.2. The first-order chi connectivity index (χ1) is 7.18. The van der Waals surface area contributed by atoms with Gasteiger partial charge in [-0.2, -0.15) is 11.8 Å². The molecule has 1 atom stereocenters. The lowest BCUT2D eigenvalue weighted by atomic mass is 10.1. The maximum absolute atomic E-state index is 5.33. The molecule has 84 valence electrons. The smallest absolute Gasteiger partial charge is 0.177 e. The van der Waals surface area contributed by atoms with Crippen molar-refractivity contribution in [1.29, 1.82) is 0 Å². The van der Waals surface area contributed by atoms with Crippen LogP contribution in [0.1, 0.15) is 31.9 Å². The van der Waals surface area contributed by atoms with Gasteiger partial charge in [-0.1, -0.05) is 13.8 Å². The molecule has 2 nitrogen and oxygen atoms in total. The first-order valence-electron chi connectivity index (χ1n) is 5.54. The lowest BCUT2D eigenvalue weighted by molar-refractivity contribution is 0.473. The van der Waals surface area contributed by atoms with Gasteiger partial charge in [-0.25, -0.2) is 0 Å². The lowest BCUT2D eigenvalue weighted by Crippen LogP contribution is -2.13. The van der Waals surface area contributed by atoms with Crippen LogP contribution in [0.5, 0.6) is 0 Å². The van der Waals surface area contributed by atoms with Gasteiger partial charge in [0.2, 0.25) is 0 Å². The largest absolute Gasteiger partial charge is 0.337 e. The molecule has 1 unspecified atom stereocenters. The van der Waals surface area contributed by atoms with E-state index in [1.54, 1.807) is 0 Å². The fraction of sp³-hybridized carbons (Fsp3) is 0.727. The third-order valence-corrected chi connectivity index (χ3v) is 4.53. The number of nitrogens with one attached hydrogen (secondary N) is 1. The van der Waals surface area contributed by atoms with Crippen LogP contribution in [0.25, 0.3) is 0 Å². The second-order valence-corrected chi connectivity index (χ2v) is 6.05. The van der Waals surface area contributed by atoms with Crippen LogP contribution in [0.3, 0.4) is 0 Å². The van der Waals surface area contributed by atoms with Crippen molar-refractivity contribution in [3.8, 4) is 0 Å². The Bertz CT molecular complexity index is 372. The van der Waals surface area contributed by atoms with Crippen LogP contribution in [0.2, 0.25) is 0 Å². The van der Waals surface area contributed by atoms with Gasteiger partial charge >= 0.3 is 0 Å². The molecule has 15 heavy (non-hydrogen) atoms. The van der Waals surface area contributed by atoms with E-state index in [0.717, 1.165) is 17.2 Å².